The Kier molecular flexibility index (Phi) is 3.77. The fraction of sp³-hybridized carbons (Fsp3) is 0.333. The molecule has 21 heavy (non-hydrogen) atoms. The second-order valence-corrected chi connectivity index (χ2v) is 6.49. The van der Waals surface area contributed by atoms with Crippen molar-refractivity contribution in [1.82, 2.24) is 9.72 Å². The van der Waals surface area contributed by atoms with Gasteiger partial charge in [-0.3, -0.25) is 0 Å². The van der Waals surface area contributed by atoms with Crippen LogP contribution in [0.1, 0.15) is 36.1 Å². The van der Waals surface area contributed by atoms with Gasteiger partial charge in [-0.2, -0.15) is 0 Å². The number of carbonyl (C=O) groups is 1. The van der Waals surface area contributed by atoms with Crippen LogP contribution < -0.4 is 4.72 Å². The maximum Gasteiger partial charge on any atom is 0.352 e. The van der Waals surface area contributed by atoms with Crippen molar-refractivity contribution < 1.29 is 22.8 Å². The van der Waals surface area contributed by atoms with Gasteiger partial charge in [0.25, 0.3) is 10.0 Å². The minimum absolute atomic E-state index is 0.0262. The summed E-state index contributed by atoms with van der Waals surface area (Å²) in [5.74, 6) is -1.22. The number of hydrogen-bond acceptors (Lipinski definition) is 5. The molecule has 0 fully saturated rings. The van der Waals surface area contributed by atoms with Crippen LogP contribution in [-0.4, -0.2) is 29.2 Å². The maximum atomic E-state index is 12.2. The monoisotopic (exact) mass is 313 g/mol. The Morgan fingerprint density at radius 1 is 1.43 bits per heavy atom. The predicted molar refractivity (Wildman–Crippen MR) is 73.8 cm³/mol. The van der Waals surface area contributed by atoms with Crippen molar-refractivity contribution in [3.63, 3.8) is 0 Å². The van der Waals surface area contributed by atoms with Crippen LogP contribution in [0.15, 0.2) is 27.7 Å². The van der Waals surface area contributed by atoms with E-state index in [9.17, 15) is 13.2 Å². The van der Waals surface area contributed by atoms with Gasteiger partial charge >= 0.3 is 5.97 Å². The van der Waals surface area contributed by atoms with Gasteiger partial charge < -0.3 is 14.2 Å². The minimum atomic E-state index is -3.94. The molecule has 2 aromatic heterocycles. The second kappa shape index (κ2) is 5.24. The van der Waals surface area contributed by atoms with Gasteiger partial charge in [-0.25, -0.2) is 17.9 Å². The Bertz CT molecular complexity index is 773. The number of aromatic carboxylic acids is 1. The minimum Gasteiger partial charge on any atom is -0.477 e. The summed E-state index contributed by atoms with van der Waals surface area (Å²) in [5, 5.41) is 12.7. The van der Waals surface area contributed by atoms with Gasteiger partial charge in [0.1, 0.15) is 10.6 Å². The number of aryl methyl sites for hydroxylation is 1. The highest BCUT2D eigenvalue weighted by Crippen LogP contribution is 2.22. The van der Waals surface area contributed by atoms with E-state index < -0.39 is 16.0 Å². The third-order valence-corrected chi connectivity index (χ3v) is 4.09. The highest BCUT2D eigenvalue weighted by Gasteiger charge is 2.23. The SMILES string of the molecule is Cc1cc(NS(=O)(=O)c2cc(C(=O)O)n(C(C)C)c2)on1. The molecule has 0 aliphatic rings. The molecule has 8 nitrogen and oxygen atoms in total. The molecule has 0 radical (unpaired) electrons. The van der Waals surface area contributed by atoms with E-state index in [0.717, 1.165) is 6.07 Å². The first-order valence-corrected chi connectivity index (χ1v) is 7.60. The Morgan fingerprint density at radius 3 is 2.52 bits per heavy atom. The zero-order valence-electron chi connectivity index (χ0n) is 11.7. The molecule has 114 valence electrons. The molecule has 0 aromatic carbocycles. The highest BCUT2D eigenvalue weighted by atomic mass is 32.2. The normalized spacial score (nSPS) is 11.8. The van der Waals surface area contributed by atoms with Crippen LogP contribution in [0.3, 0.4) is 0 Å². The summed E-state index contributed by atoms with van der Waals surface area (Å²) in [7, 11) is -3.94. The standard InChI is InChI=1S/C12H15N3O5S/c1-7(2)15-6-9(5-10(15)12(16)17)21(18,19)14-11-4-8(3)13-20-11/h4-7,14H,1-3H3,(H,16,17). The van der Waals surface area contributed by atoms with E-state index in [4.69, 9.17) is 9.63 Å². The summed E-state index contributed by atoms with van der Waals surface area (Å²) in [5.41, 5.74) is 0.429. The smallest absolute Gasteiger partial charge is 0.352 e. The number of nitrogens with one attached hydrogen (secondary N) is 1. The third-order valence-electron chi connectivity index (χ3n) is 2.77. The maximum absolute atomic E-state index is 12.2. The van der Waals surface area contributed by atoms with E-state index >= 15 is 0 Å². The lowest BCUT2D eigenvalue weighted by atomic mass is 10.3. The summed E-state index contributed by atoms with van der Waals surface area (Å²) in [6, 6.07) is 2.34. The molecule has 0 unspecified atom stereocenters. The van der Waals surface area contributed by atoms with Crippen LogP contribution >= 0.6 is 0 Å². The number of anilines is 1. The van der Waals surface area contributed by atoms with Gasteiger partial charge in [0.15, 0.2) is 0 Å². The molecule has 0 aliphatic heterocycles. The van der Waals surface area contributed by atoms with Gasteiger partial charge in [-0.1, -0.05) is 5.16 Å². The van der Waals surface area contributed by atoms with Crippen molar-refractivity contribution >= 4 is 21.9 Å². The average Bonchev–Trinajstić information content (AvgIpc) is 2.95. The number of aromatic nitrogens is 2. The van der Waals surface area contributed by atoms with Crippen LogP contribution in [0.5, 0.6) is 0 Å². The Balaban J connectivity index is 2.40. The van der Waals surface area contributed by atoms with Crippen LogP contribution in [0.4, 0.5) is 5.88 Å². The molecule has 2 aromatic rings. The first-order chi connectivity index (χ1) is 9.70. The van der Waals surface area contributed by atoms with Gasteiger partial charge in [-0.15, -0.1) is 0 Å². The fourth-order valence-corrected chi connectivity index (χ4v) is 2.80. The molecule has 0 bridgehead atoms. The van der Waals surface area contributed by atoms with Crippen LogP contribution in [0.25, 0.3) is 0 Å². The summed E-state index contributed by atoms with van der Waals surface area (Å²) < 4.78 is 32.8. The molecule has 0 saturated heterocycles. The Labute approximate surface area is 121 Å². The molecule has 9 heteroatoms. The molecule has 0 spiro atoms. The van der Waals surface area contributed by atoms with Crippen LogP contribution in [-0.2, 0) is 10.0 Å². The molecular formula is C12H15N3O5S. The number of sulfonamides is 1. The quantitative estimate of drug-likeness (QED) is 0.870. The van der Waals surface area contributed by atoms with E-state index in [1.54, 1.807) is 20.8 Å². The first kappa shape index (κ1) is 15.1. The number of carboxylic acids is 1. The summed E-state index contributed by atoms with van der Waals surface area (Å²) in [6.07, 6.45) is 1.28. The molecule has 2 rings (SSSR count). The Morgan fingerprint density at radius 2 is 2.10 bits per heavy atom. The summed E-state index contributed by atoms with van der Waals surface area (Å²) in [4.78, 5) is 11.0. The third kappa shape index (κ3) is 3.07. The highest BCUT2D eigenvalue weighted by molar-refractivity contribution is 7.92. The van der Waals surface area contributed by atoms with E-state index in [-0.39, 0.29) is 22.5 Å². The lowest BCUT2D eigenvalue weighted by Crippen LogP contribution is -2.12. The van der Waals surface area contributed by atoms with Crippen molar-refractivity contribution in [2.45, 2.75) is 31.7 Å². The van der Waals surface area contributed by atoms with Crippen LogP contribution in [0, 0.1) is 6.92 Å². The zero-order valence-corrected chi connectivity index (χ0v) is 12.5. The van der Waals surface area contributed by atoms with Crippen LogP contribution in [0.2, 0.25) is 0 Å². The predicted octanol–water partition coefficient (Wildman–Crippen LogP) is 1.86. The molecule has 0 aliphatic carbocycles. The van der Waals surface area contributed by atoms with Gasteiger partial charge in [0, 0.05) is 18.3 Å². The van der Waals surface area contributed by atoms with Gasteiger partial charge in [0.2, 0.25) is 5.88 Å². The average molecular weight is 313 g/mol. The second-order valence-electron chi connectivity index (χ2n) is 4.81. The number of rotatable bonds is 5. The number of nitrogens with zero attached hydrogens (tertiary/aromatic N) is 2. The van der Waals surface area contributed by atoms with Crippen molar-refractivity contribution in [1.29, 1.82) is 0 Å². The fourth-order valence-electron chi connectivity index (χ4n) is 1.80. The zero-order chi connectivity index (χ0) is 15.8. The topological polar surface area (TPSA) is 114 Å². The molecule has 2 heterocycles. The molecule has 0 atom stereocenters. The Hall–Kier alpha value is -2.29. The van der Waals surface area contributed by atoms with Crippen molar-refractivity contribution in [2.24, 2.45) is 0 Å². The van der Waals surface area contributed by atoms with Crippen molar-refractivity contribution in [3.05, 3.63) is 29.7 Å². The van der Waals surface area contributed by atoms with Gasteiger partial charge in [-0.05, 0) is 26.8 Å². The summed E-state index contributed by atoms with van der Waals surface area (Å²) in [6.45, 7) is 5.17. The van der Waals surface area contributed by atoms with E-state index in [1.165, 1.54) is 16.8 Å². The van der Waals surface area contributed by atoms with E-state index in [2.05, 4.69) is 9.88 Å². The van der Waals surface area contributed by atoms with E-state index in [1.807, 2.05) is 0 Å². The van der Waals surface area contributed by atoms with E-state index in [0.29, 0.717) is 5.69 Å². The molecule has 0 amide bonds. The molecular weight excluding hydrogens is 298 g/mol. The molecule has 2 N–H and O–H groups in total. The van der Waals surface area contributed by atoms with Crippen molar-refractivity contribution in [2.75, 3.05) is 4.72 Å². The largest absolute Gasteiger partial charge is 0.477 e. The summed E-state index contributed by atoms with van der Waals surface area (Å²) >= 11 is 0. The number of carboxylic acid groups (broad SMARTS) is 1. The lowest BCUT2D eigenvalue weighted by molar-refractivity contribution is 0.0683. The number of hydrogen-bond donors (Lipinski definition) is 2. The lowest BCUT2D eigenvalue weighted by Gasteiger charge is -2.09. The van der Waals surface area contributed by atoms with Gasteiger partial charge in [0.05, 0.1) is 5.69 Å². The molecule has 0 saturated carbocycles. The van der Waals surface area contributed by atoms with Crippen molar-refractivity contribution in [3.8, 4) is 0 Å². The first-order valence-electron chi connectivity index (χ1n) is 6.12.